The summed E-state index contributed by atoms with van der Waals surface area (Å²) in [5.74, 6) is 1.65. The normalized spacial score (nSPS) is 11.9. The second-order valence-corrected chi connectivity index (χ2v) is 6.47. The largest absolute Gasteiger partial charge is 0.454 e. The Balaban J connectivity index is 1.45. The van der Waals surface area contributed by atoms with Gasteiger partial charge in [-0.1, -0.05) is 17.7 Å². The second-order valence-electron chi connectivity index (χ2n) is 6.04. The van der Waals surface area contributed by atoms with E-state index in [1.165, 1.54) is 6.20 Å². The first-order valence-electron chi connectivity index (χ1n) is 8.29. The number of amides is 1. The van der Waals surface area contributed by atoms with E-state index in [0.717, 1.165) is 11.3 Å². The molecule has 0 saturated heterocycles. The Morgan fingerprint density at radius 3 is 2.74 bits per heavy atom. The molecule has 136 valence electrons. The van der Waals surface area contributed by atoms with Gasteiger partial charge in [0, 0.05) is 28.7 Å². The molecule has 2 heterocycles. The van der Waals surface area contributed by atoms with Gasteiger partial charge in [0.1, 0.15) is 5.82 Å². The maximum atomic E-state index is 12.4. The van der Waals surface area contributed by atoms with Crippen LogP contribution in [-0.2, 0) is 0 Å². The molecular formula is C20H16ClN3O3. The van der Waals surface area contributed by atoms with Crippen LogP contribution in [0, 0.1) is 6.92 Å². The molecule has 4 rings (SSSR count). The van der Waals surface area contributed by atoms with Gasteiger partial charge in [-0.2, -0.15) is 0 Å². The van der Waals surface area contributed by atoms with E-state index in [1.807, 2.05) is 25.1 Å². The molecule has 0 atom stereocenters. The number of carbonyl (C=O) groups excluding carboxylic acids is 1. The minimum Gasteiger partial charge on any atom is -0.454 e. The molecule has 0 unspecified atom stereocenters. The van der Waals surface area contributed by atoms with Gasteiger partial charge >= 0.3 is 0 Å². The van der Waals surface area contributed by atoms with E-state index in [9.17, 15) is 4.79 Å². The number of fused-ring (bicyclic) bond motifs is 1. The summed E-state index contributed by atoms with van der Waals surface area (Å²) in [6.45, 7) is 2.17. The van der Waals surface area contributed by atoms with Crippen molar-refractivity contribution in [3.8, 4) is 11.5 Å². The number of hydrogen-bond acceptors (Lipinski definition) is 5. The van der Waals surface area contributed by atoms with Crippen molar-refractivity contribution in [1.82, 2.24) is 4.98 Å². The van der Waals surface area contributed by atoms with Crippen LogP contribution in [0.1, 0.15) is 15.9 Å². The number of halogens is 1. The third kappa shape index (κ3) is 3.80. The molecule has 1 aliphatic rings. The zero-order valence-corrected chi connectivity index (χ0v) is 15.2. The van der Waals surface area contributed by atoms with Gasteiger partial charge in [0.25, 0.3) is 5.91 Å². The van der Waals surface area contributed by atoms with Crippen molar-refractivity contribution < 1.29 is 14.3 Å². The van der Waals surface area contributed by atoms with Gasteiger partial charge in [-0.05, 0) is 48.9 Å². The average Bonchev–Trinajstić information content (AvgIpc) is 3.13. The minimum absolute atomic E-state index is 0.192. The second kappa shape index (κ2) is 7.17. The molecule has 3 aromatic rings. The molecule has 0 spiro atoms. The summed E-state index contributed by atoms with van der Waals surface area (Å²) in [4.78, 5) is 16.7. The zero-order chi connectivity index (χ0) is 18.8. The highest BCUT2D eigenvalue weighted by Crippen LogP contribution is 2.34. The Labute approximate surface area is 161 Å². The van der Waals surface area contributed by atoms with Crippen molar-refractivity contribution in [2.45, 2.75) is 6.92 Å². The Hall–Kier alpha value is -3.25. The number of nitrogens with zero attached hydrogens (tertiary/aromatic N) is 1. The van der Waals surface area contributed by atoms with E-state index in [-0.39, 0.29) is 12.7 Å². The number of pyridine rings is 1. The first-order chi connectivity index (χ1) is 13.1. The maximum Gasteiger partial charge on any atom is 0.257 e. The van der Waals surface area contributed by atoms with Gasteiger partial charge in [-0.3, -0.25) is 4.79 Å². The van der Waals surface area contributed by atoms with Crippen LogP contribution < -0.4 is 20.1 Å². The summed E-state index contributed by atoms with van der Waals surface area (Å²) in [6.07, 6.45) is 1.52. The fraction of sp³-hybridized carbons (Fsp3) is 0.100. The Kier molecular flexibility index (Phi) is 4.56. The number of benzene rings is 2. The predicted octanol–water partition coefficient (Wildman–Crippen LogP) is 4.77. The summed E-state index contributed by atoms with van der Waals surface area (Å²) in [7, 11) is 0. The topological polar surface area (TPSA) is 72.5 Å². The molecule has 1 aromatic heterocycles. The molecule has 0 aliphatic carbocycles. The van der Waals surface area contributed by atoms with Crippen LogP contribution in [-0.4, -0.2) is 17.7 Å². The molecule has 2 N–H and O–H groups in total. The third-order valence-corrected chi connectivity index (χ3v) is 4.35. The summed E-state index contributed by atoms with van der Waals surface area (Å²) in [5, 5.41) is 6.66. The van der Waals surface area contributed by atoms with E-state index >= 15 is 0 Å². The van der Waals surface area contributed by atoms with Crippen molar-refractivity contribution >= 4 is 34.7 Å². The Bertz CT molecular complexity index is 1010. The van der Waals surface area contributed by atoms with Crippen LogP contribution in [0.5, 0.6) is 11.5 Å². The van der Waals surface area contributed by atoms with Gasteiger partial charge in [0.05, 0.1) is 5.56 Å². The molecule has 0 bridgehead atoms. The van der Waals surface area contributed by atoms with E-state index in [0.29, 0.717) is 33.6 Å². The van der Waals surface area contributed by atoms with Crippen molar-refractivity contribution in [3.05, 3.63) is 70.9 Å². The number of aryl methyl sites for hydroxylation is 1. The number of carbonyl (C=O) groups is 1. The predicted molar refractivity (Wildman–Crippen MR) is 104 cm³/mol. The zero-order valence-electron chi connectivity index (χ0n) is 14.5. The highest BCUT2D eigenvalue weighted by atomic mass is 35.5. The molecule has 7 heteroatoms. The maximum absolute atomic E-state index is 12.4. The molecule has 27 heavy (non-hydrogen) atoms. The van der Waals surface area contributed by atoms with Gasteiger partial charge in [-0.25, -0.2) is 4.98 Å². The highest BCUT2D eigenvalue weighted by molar-refractivity contribution is 6.30. The molecule has 6 nitrogen and oxygen atoms in total. The van der Waals surface area contributed by atoms with Crippen LogP contribution >= 0.6 is 11.6 Å². The highest BCUT2D eigenvalue weighted by Gasteiger charge is 2.15. The van der Waals surface area contributed by atoms with E-state index < -0.39 is 0 Å². The number of rotatable bonds is 4. The first kappa shape index (κ1) is 17.2. The molecule has 1 aliphatic heterocycles. The van der Waals surface area contributed by atoms with Crippen LogP contribution in [0.25, 0.3) is 0 Å². The molecule has 0 fully saturated rings. The lowest BCUT2D eigenvalue weighted by Gasteiger charge is -2.10. The van der Waals surface area contributed by atoms with Crippen LogP contribution in [0.4, 0.5) is 17.2 Å². The smallest absolute Gasteiger partial charge is 0.257 e. The van der Waals surface area contributed by atoms with Gasteiger partial charge in [0.2, 0.25) is 6.79 Å². The lowest BCUT2D eigenvalue weighted by molar-refractivity contribution is 0.102. The average molecular weight is 382 g/mol. The summed E-state index contributed by atoms with van der Waals surface area (Å²) in [5.41, 5.74) is 2.99. The van der Waals surface area contributed by atoms with Crippen molar-refractivity contribution in [2.75, 3.05) is 17.4 Å². The molecule has 0 saturated carbocycles. The number of ether oxygens (including phenoxy) is 2. The summed E-state index contributed by atoms with van der Waals surface area (Å²) >= 11 is 6.03. The van der Waals surface area contributed by atoms with E-state index in [4.69, 9.17) is 21.1 Å². The van der Waals surface area contributed by atoms with Gasteiger partial charge < -0.3 is 20.1 Å². The molecule has 1 amide bonds. The lowest BCUT2D eigenvalue weighted by atomic mass is 10.2. The fourth-order valence-electron chi connectivity index (χ4n) is 2.65. The number of hydrogen-bond donors (Lipinski definition) is 2. The van der Waals surface area contributed by atoms with Crippen molar-refractivity contribution in [2.24, 2.45) is 0 Å². The third-order valence-electron chi connectivity index (χ3n) is 4.12. The SMILES string of the molecule is Cc1ccc(Cl)cc1Nc1ccc(C(=O)Nc2ccc3c(c2)OCO3)cn1. The standard InChI is InChI=1S/C20H16ClN3O3/c1-12-2-4-14(21)8-16(12)24-19-7-3-13(10-22-19)20(25)23-15-5-6-17-18(9-15)27-11-26-17/h2-10H,11H2,1H3,(H,22,24)(H,23,25). The quantitative estimate of drug-likeness (QED) is 0.681. The molecular weight excluding hydrogens is 366 g/mol. The monoisotopic (exact) mass is 381 g/mol. The van der Waals surface area contributed by atoms with Crippen molar-refractivity contribution in [1.29, 1.82) is 0 Å². The lowest BCUT2D eigenvalue weighted by Crippen LogP contribution is -2.12. The van der Waals surface area contributed by atoms with Crippen LogP contribution in [0.2, 0.25) is 5.02 Å². The first-order valence-corrected chi connectivity index (χ1v) is 8.66. The van der Waals surface area contributed by atoms with E-state index in [2.05, 4.69) is 15.6 Å². The van der Waals surface area contributed by atoms with Gasteiger partial charge in [-0.15, -0.1) is 0 Å². The Morgan fingerprint density at radius 1 is 1.07 bits per heavy atom. The summed E-state index contributed by atoms with van der Waals surface area (Å²) in [6, 6.07) is 14.3. The minimum atomic E-state index is -0.258. The number of aromatic nitrogens is 1. The number of nitrogens with one attached hydrogen (secondary N) is 2. The fourth-order valence-corrected chi connectivity index (χ4v) is 2.82. The van der Waals surface area contributed by atoms with Crippen LogP contribution in [0.3, 0.4) is 0 Å². The van der Waals surface area contributed by atoms with Gasteiger partial charge in [0.15, 0.2) is 11.5 Å². The number of anilines is 3. The molecule has 2 aromatic carbocycles. The Morgan fingerprint density at radius 2 is 1.93 bits per heavy atom. The summed E-state index contributed by atoms with van der Waals surface area (Å²) < 4.78 is 10.6. The van der Waals surface area contributed by atoms with Crippen molar-refractivity contribution in [3.63, 3.8) is 0 Å². The van der Waals surface area contributed by atoms with Crippen LogP contribution in [0.15, 0.2) is 54.7 Å². The van der Waals surface area contributed by atoms with E-state index in [1.54, 1.807) is 30.3 Å². The molecule has 0 radical (unpaired) electrons.